The van der Waals surface area contributed by atoms with E-state index in [-0.39, 0.29) is 0 Å². The Morgan fingerprint density at radius 2 is 1.83 bits per heavy atom. The van der Waals surface area contributed by atoms with Crippen LogP contribution < -0.4 is 10.2 Å². The van der Waals surface area contributed by atoms with Gasteiger partial charge in [0.2, 0.25) is 0 Å². The second-order valence-electron chi connectivity index (χ2n) is 5.68. The zero-order valence-corrected chi connectivity index (χ0v) is 14.3. The Morgan fingerprint density at radius 1 is 1.00 bits per heavy atom. The van der Waals surface area contributed by atoms with Gasteiger partial charge in [-0.2, -0.15) is 11.8 Å². The van der Waals surface area contributed by atoms with Crippen molar-refractivity contribution in [3.63, 3.8) is 0 Å². The minimum absolute atomic E-state index is 0.961. The van der Waals surface area contributed by atoms with E-state index in [1.165, 1.54) is 28.4 Å². The van der Waals surface area contributed by atoms with Crippen molar-refractivity contribution in [3.8, 4) is 0 Å². The molecular formula is C20H24N2S. The summed E-state index contributed by atoms with van der Waals surface area (Å²) in [6.45, 7) is 3.28. The van der Waals surface area contributed by atoms with Crippen LogP contribution in [0.5, 0.6) is 0 Å². The first kappa shape index (κ1) is 16.0. The third kappa shape index (κ3) is 5.07. The van der Waals surface area contributed by atoms with Gasteiger partial charge in [-0.15, -0.1) is 0 Å². The van der Waals surface area contributed by atoms with Crippen molar-refractivity contribution in [1.29, 1.82) is 0 Å². The lowest BCUT2D eigenvalue weighted by Gasteiger charge is -2.28. The first-order valence-corrected chi connectivity index (χ1v) is 9.45. The summed E-state index contributed by atoms with van der Waals surface area (Å²) in [4.78, 5) is 2.48. The number of hydrogen-bond donors (Lipinski definition) is 1. The number of nitrogens with zero attached hydrogens (tertiary/aromatic N) is 1. The van der Waals surface area contributed by atoms with Crippen molar-refractivity contribution >= 4 is 29.2 Å². The number of anilines is 2. The van der Waals surface area contributed by atoms with Gasteiger partial charge in [-0.25, -0.2) is 0 Å². The topological polar surface area (TPSA) is 15.3 Å². The molecule has 0 unspecified atom stereocenters. The Kier molecular flexibility index (Phi) is 6.04. The van der Waals surface area contributed by atoms with E-state index in [1.807, 2.05) is 6.07 Å². The minimum atomic E-state index is 0.961. The van der Waals surface area contributed by atoms with Crippen LogP contribution in [0.25, 0.3) is 6.08 Å². The van der Waals surface area contributed by atoms with Crippen molar-refractivity contribution in [2.45, 2.75) is 6.42 Å². The highest BCUT2D eigenvalue weighted by Gasteiger charge is 2.10. The molecule has 0 aliphatic carbocycles. The van der Waals surface area contributed by atoms with Gasteiger partial charge in [0.1, 0.15) is 0 Å². The predicted molar refractivity (Wildman–Crippen MR) is 105 cm³/mol. The maximum Gasteiger partial charge on any atom is 0.0387 e. The Labute approximate surface area is 143 Å². The molecule has 1 aliphatic heterocycles. The Bertz CT molecular complexity index is 619. The maximum absolute atomic E-state index is 3.53. The van der Waals surface area contributed by atoms with Crippen LogP contribution in [0.4, 0.5) is 11.4 Å². The number of hydrogen-bond acceptors (Lipinski definition) is 3. The second kappa shape index (κ2) is 8.68. The molecule has 1 heterocycles. The molecule has 1 saturated heterocycles. The second-order valence-corrected chi connectivity index (χ2v) is 6.90. The van der Waals surface area contributed by atoms with E-state index >= 15 is 0 Å². The van der Waals surface area contributed by atoms with Crippen LogP contribution in [-0.2, 0) is 0 Å². The van der Waals surface area contributed by atoms with Gasteiger partial charge < -0.3 is 10.2 Å². The number of nitrogens with one attached hydrogen (secondary N) is 1. The third-order valence-corrected chi connectivity index (χ3v) is 4.91. The van der Waals surface area contributed by atoms with Crippen LogP contribution in [0.1, 0.15) is 12.0 Å². The summed E-state index contributed by atoms with van der Waals surface area (Å²) in [6, 6.07) is 19.3. The van der Waals surface area contributed by atoms with Gasteiger partial charge in [-0.05, 0) is 30.2 Å². The predicted octanol–water partition coefficient (Wildman–Crippen LogP) is 4.76. The van der Waals surface area contributed by atoms with Crippen LogP contribution in [0.3, 0.4) is 0 Å². The molecule has 0 spiro atoms. The summed E-state index contributed by atoms with van der Waals surface area (Å²) in [5, 5.41) is 3.53. The fourth-order valence-corrected chi connectivity index (χ4v) is 3.62. The molecule has 23 heavy (non-hydrogen) atoms. The molecule has 3 heteroatoms. The summed E-state index contributed by atoms with van der Waals surface area (Å²) in [5.41, 5.74) is 3.82. The van der Waals surface area contributed by atoms with Gasteiger partial charge in [0.25, 0.3) is 0 Å². The Balaban J connectivity index is 1.47. The fourth-order valence-electron chi connectivity index (χ4n) is 2.72. The van der Waals surface area contributed by atoms with E-state index in [1.54, 1.807) is 0 Å². The molecule has 1 N–H and O–H groups in total. The highest BCUT2D eigenvalue weighted by Crippen LogP contribution is 2.22. The summed E-state index contributed by atoms with van der Waals surface area (Å²) < 4.78 is 0. The highest BCUT2D eigenvalue weighted by atomic mass is 32.2. The van der Waals surface area contributed by atoms with Crippen LogP contribution in [0.2, 0.25) is 0 Å². The van der Waals surface area contributed by atoms with Crippen molar-refractivity contribution in [1.82, 2.24) is 0 Å². The summed E-state index contributed by atoms with van der Waals surface area (Å²) >= 11 is 2.05. The maximum atomic E-state index is 3.53. The van der Waals surface area contributed by atoms with Gasteiger partial charge in [0.05, 0.1) is 0 Å². The third-order valence-electron chi connectivity index (χ3n) is 3.97. The van der Waals surface area contributed by atoms with E-state index in [0.717, 1.165) is 26.1 Å². The number of thioether (sulfide) groups is 1. The summed E-state index contributed by atoms with van der Waals surface area (Å²) in [6.07, 6.45) is 5.44. The molecule has 0 atom stereocenters. The quantitative estimate of drug-likeness (QED) is 0.772. The minimum Gasteiger partial charge on any atom is -0.385 e. The van der Waals surface area contributed by atoms with Gasteiger partial charge in [0, 0.05) is 42.5 Å². The van der Waals surface area contributed by atoms with Crippen LogP contribution >= 0.6 is 11.8 Å². The molecule has 3 rings (SSSR count). The monoisotopic (exact) mass is 324 g/mol. The van der Waals surface area contributed by atoms with Crippen molar-refractivity contribution in [3.05, 3.63) is 66.2 Å². The van der Waals surface area contributed by atoms with Gasteiger partial charge >= 0.3 is 0 Å². The zero-order chi connectivity index (χ0) is 15.7. The van der Waals surface area contributed by atoms with Crippen LogP contribution in [0.15, 0.2) is 60.7 Å². The van der Waals surface area contributed by atoms with Crippen LogP contribution in [0, 0.1) is 0 Å². The van der Waals surface area contributed by atoms with E-state index in [4.69, 9.17) is 0 Å². The summed E-state index contributed by atoms with van der Waals surface area (Å²) in [5.74, 6) is 2.48. The molecule has 2 nitrogen and oxygen atoms in total. The average molecular weight is 324 g/mol. The Hall–Kier alpha value is -1.87. The molecule has 2 aromatic carbocycles. The lowest BCUT2D eigenvalue weighted by Crippen LogP contribution is -2.32. The van der Waals surface area contributed by atoms with Crippen molar-refractivity contribution in [2.75, 3.05) is 41.4 Å². The first-order chi connectivity index (χ1) is 11.4. The molecule has 120 valence electrons. The van der Waals surface area contributed by atoms with Gasteiger partial charge in [0.15, 0.2) is 0 Å². The smallest absolute Gasteiger partial charge is 0.0387 e. The fraction of sp³-hybridized carbons (Fsp3) is 0.300. The first-order valence-electron chi connectivity index (χ1n) is 8.30. The number of benzene rings is 2. The lowest BCUT2D eigenvalue weighted by atomic mass is 10.2. The van der Waals surface area contributed by atoms with Gasteiger partial charge in [-0.1, -0.05) is 48.6 Å². The molecule has 0 bridgehead atoms. The molecule has 0 amide bonds. The lowest BCUT2D eigenvalue weighted by molar-refractivity contribution is 0.859. The number of rotatable bonds is 6. The van der Waals surface area contributed by atoms with E-state index in [2.05, 4.69) is 82.7 Å². The summed E-state index contributed by atoms with van der Waals surface area (Å²) in [7, 11) is 0. The zero-order valence-electron chi connectivity index (χ0n) is 13.4. The van der Waals surface area contributed by atoms with Gasteiger partial charge in [-0.3, -0.25) is 0 Å². The largest absolute Gasteiger partial charge is 0.385 e. The molecular weight excluding hydrogens is 300 g/mol. The van der Waals surface area contributed by atoms with E-state index in [9.17, 15) is 0 Å². The van der Waals surface area contributed by atoms with Crippen molar-refractivity contribution < 1.29 is 0 Å². The molecule has 1 aliphatic rings. The molecule has 0 aromatic heterocycles. The molecule has 2 aromatic rings. The van der Waals surface area contributed by atoms with Crippen LogP contribution in [-0.4, -0.2) is 31.1 Å². The molecule has 1 fully saturated rings. The highest BCUT2D eigenvalue weighted by molar-refractivity contribution is 7.99. The van der Waals surface area contributed by atoms with Crippen molar-refractivity contribution in [2.24, 2.45) is 0 Å². The Morgan fingerprint density at radius 3 is 2.65 bits per heavy atom. The normalized spacial score (nSPS) is 15.0. The molecule has 0 saturated carbocycles. The SMILES string of the molecule is C(=C\c1ccccc1)/CCNc1cccc(N2CCSCC2)c1. The molecule has 0 radical (unpaired) electrons. The van der Waals surface area contributed by atoms with E-state index in [0.29, 0.717) is 0 Å². The standard InChI is InChI=1S/C20H24N2S/c1-2-7-18(8-3-1)9-4-5-12-21-19-10-6-11-20(17-19)22-13-15-23-16-14-22/h1-4,6-11,17,21H,5,12-16H2/b9-4+. The van der Waals surface area contributed by atoms with E-state index < -0.39 is 0 Å². The average Bonchev–Trinajstić information content (AvgIpc) is 2.63.